The molecule has 0 aliphatic rings. The molecule has 5 heteroatoms. The summed E-state index contributed by atoms with van der Waals surface area (Å²) in [6, 6.07) is 2.06. The topological polar surface area (TPSA) is 74.6 Å². The van der Waals surface area contributed by atoms with Crippen LogP contribution in [0.1, 0.15) is 27.6 Å². The first-order valence-corrected chi connectivity index (χ1v) is 4.13. The van der Waals surface area contributed by atoms with Gasteiger partial charge in [-0.25, -0.2) is 9.18 Å². The van der Waals surface area contributed by atoms with Crippen LogP contribution in [0.2, 0.25) is 0 Å². The van der Waals surface area contributed by atoms with Crippen LogP contribution < -0.4 is 0 Å². The Bertz CT molecular complexity index is 414. The maximum absolute atomic E-state index is 13.1. The first-order chi connectivity index (χ1) is 6.97. The van der Waals surface area contributed by atoms with Crippen molar-refractivity contribution in [3.8, 4) is 0 Å². The van der Waals surface area contributed by atoms with Gasteiger partial charge in [-0.15, -0.1) is 0 Å². The quantitative estimate of drug-likeness (QED) is 0.735. The Balaban J connectivity index is 3.33. The van der Waals surface area contributed by atoms with Crippen LogP contribution in [0.15, 0.2) is 12.1 Å². The number of carboxylic acids is 1. The Labute approximate surface area is 85.0 Å². The van der Waals surface area contributed by atoms with Crippen molar-refractivity contribution in [3.05, 3.63) is 34.6 Å². The summed E-state index contributed by atoms with van der Waals surface area (Å²) in [4.78, 5) is 21.1. The molecule has 4 nitrogen and oxygen atoms in total. The van der Waals surface area contributed by atoms with Crippen molar-refractivity contribution in [2.24, 2.45) is 0 Å². The second kappa shape index (κ2) is 4.18. The molecule has 1 atom stereocenters. The largest absolute Gasteiger partial charge is 0.479 e. The highest BCUT2D eigenvalue weighted by molar-refractivity contribution is 5.83. The van der Waals surface area contributed by atoms with Crippen molar-refractivity contribution in [3.63, 3.8) is 0 Å². The predicted molar refractivity (Wildman–Crippen MR) is 49.1 cm³/mol. The molecule has 1 unspecified atom stereocenters. The Morgan fingerprint density at radius 3 is 2.60 bits per heavy atom. The number of aliphatic carboxylic acids is 1. The lowest BCUT2D eigenvalue weighted by Crippen LogP contribution is -2.13. The van der Waals surface area contributed by atoms with Gasteiger partial charge in [0.15, 0.2) is 6.10 Å². The molecule has 0 spiro atoms. The van der Waals surface area contributed by atoms with Gasteiger partial charge >= 0.3 is 5.97 Å². The van der Waals surface area contributed by atoms with Gasteiger partial charge in [0, 0.05) is 11.1 Å². The van der Waals surface area contributed by atoms with E-state index in [4.69, 9.17) is 5.11 Å². The number of aryl methyl sites for hydroxylation is 1. The van der Waals surface area contributed by atoms with E-state index in [-0.39, 0.29) is 16.7 Å². The standard InChI is InChI=1S/C10H9FO4/c1-5-2-6(4-12)7(3-8(5)11)9(13)10(14)15/h2-4,9,13H,1H3,(H,14,15). The van der Waals surface area contributed by atoms with Crippen molar-refractivity contribution < 1.29 is 24.2 Å². The molecule has 0 aliphatic heterocycles. The zero-order valence-electron chi connectivity index (χ0n) is 7.90. The van der Waals surface area contributed by atoms with Crippen LogP contribution in [0.4, 0.5) is 4.39 Å². The average molecular weight is 212 g/mol. The van der Waals surface area contributed by atoms with Gasteiger partial charge in [0.2, 0.25) is 0 Å². The van der Waals surface area contributed by atoms with Crippen LogP contribution in [-0.4, -0.2) is 22.5 Å². The highest BCUT2D eigenvalue weighted by Crippen LogP contribution is 2.21. The number of hydrogen-bond acceptors (Lipinski definition) is 3. The van der Waals surface area contributed by atoms with Crippen LogP contribution in [0.25, 0.3) is 0 Å². The van der Waals surface area contributed by atoms with Gasteiger partial charge in [-0.2, -0.15) is 0 Å². The summed E-state index contributed by atoms with van der Waals surface area (Å²) in [5, 5.41) is 17.7. The van der Waals surface area contributed by atoms with E-state index in [1.54, 1.807) is 0 Å². The minimum absolute atomic E-state index is 0.0243. The van der Waals surface area contributed by atoms with E-state index in [2.05, 4.69) is 0 Å². The molecule has 0 fully saturated rings. The maximum Gasteiger partial charge on any atom is 0.337 e. The lowest BCUT2D eigenvalue weighted by atomic mass is 10.0. The lowest BCUT2D eigenvalue weighted by Gasteiger charge is -2.09. The number of carbonyl (C=O) groups excluding carboxylic acids is 1. The highest BCUT2D eigenvalue weighted by atomic mass is 19.1. The van der Waals surface area contributed by atoms with Crippen LogP contribution >= 0.6 is 0 Å². The van der Waals surface area contributed by atoms with Gasteiger partial charge in [-0.05, 0) is 24.6 Å². The summed E-state index contributed by atoms with van der Waals surface area (Å²) in [6.07, 6.45) is -1.51. The highest BCUT2D eigenvalue weighted by Gasteiger charge is 2.20. The molecule has 0 saturated heterocycles. The SMILES string of the molecule is Cc1cc(C=O)c(C(O)C(=O)O)cc1F. The second-order valence-corrected chi connectivity index (χ2v) is 3.09. The maximum atomic E-state index is 13.1. The Morgan fingerprint density at radius 2 is 2.13 bits per heavy atom. The van der Waals surface area contributed by atoms with E-state index in [0.29, 0.717) is 6.29 Å². The van der Waals surface area contributed by atoms with Crippen molar-refractivity contribution in [1.82, 2.24) is 0 Å². The predicted octanol–water partition coefficient (Wildman–Crippen LogP) is 1.06. The van der Waals surface area contributed by atoms with Crippen LogP contribution in [0.3, 0.4) is 0 Å². The van der Waals surface area contributed by atoms with E-state index >= 15 is 0 Å². The molecule has 1 aromatic carbocycles. The number of rotatable bonds is 3. The summed E-state index contributed by atoms with van der Waals surface area (Å²) in [5.41, 5.74) is -0.0390. The third kappa shape index (κ3) is 2.19. The summed E-state index contributed by atoms with van der Waals surface area (Å²) < 4.78 is 13.1. The van der Waals surface area contributed by atoms with Crippen LogP contribution in [-0.2, 0) is 4.79 Å². The van der Waals surface area contributed by atoms with Crippen LogP contribution in [0.5, 0.6) is 0 Å². The number of carbonyl (C=O) groups is 2. The average Bonchev–Trinajstić information content (AvgIpc) is 2.20. The number of aliphatic hydroxyl groups is 1. The minimum atomic E-state index is -1.89. The molecule has 0 radical (unpaired) electrons. The third-order valence-electron chi connectivity index (χ3n) is 2.02. The molecular weight excluding hydrogens is 203 g/mol. The fraction of sp³-hybridized carbons (Fsp3) is 0.200. The van der Waals surface area contributed by atoms with Gasteiger partial charge in [0.05, 0.1) is 0 Å². The Hall–Kier alpha value is -1.75. The summed E-state index contributed by atoms with van der Waals surface area (Å²) in [6.45, 7) is 1.44. The molecule has 0 aromatic heterocycles. The van der Waals surface area contributed by atoms with Gasteiger partial charge < -0.3 is 10.2 Å². The molecule has 0 heterocycles. The van der Waals surface area contributed by atoms with Crippen molar-refractivity contribution in [2.45, 2.75) is 13.0 Å². The summed E-state index contributed by atoms with van der Waals surface area (Å²) in [5.74, 6) is -2.18. The molecule has 0 aliphatic carbocycles. The number of aliphatic hydroxyl groups excluding tert-OH is 1. The van der Waals surface area contributed by atoms with E-state index < -0.39 is 17.9 Å². The molecule has 2 N–H and O–H groups in total. The zero-order chi connectivity index (χ0) is 11.6. The molecule has 0 amide bonds. The Morgan fingerprint density at radius 1 is 1.53 bits per heavy atom. The fourth-order valence-electron chi connectivity index (χ4n) is 1.19. The Kier molecular flexibility index (Phi) is 3.16. The van der Waals surface area contributed by atoms with Crippen LogP contribution in [0, 0.1) is 12.7 Å². The van der Waals surface area contributed by atoms with Gasteiger partial charge in [-0.1, -0.05) is 0 Å². The van der Waals surface area contributed by atoms with Crippen molar-refractivity contribution >= 4 is 12.3 Å². The number of halogens is 1. The first kappa shape index (κ1) is 11.3. The van der Waals surface area contributed by atoms with E-state index in [1.165, 1.54) is 13.0 Å². The number of benzene rings is 1. The van der Waals surface area contributed by atoms with Crippen molar-refractivity contribution in [2.75, 3.05) is 0 Å². The fourth-order valence-corrected chi connectivity index (χ4v) is 1.19. The lowest BCUT2D eigenvalue weighted by molar-refractivity contribution is -0.146. The number of aldehydes is 1. The monoisotopic (exact) mass is 212 g/mol. The normalized spacial score (nSPS) is 12.2. The molecule has 15 heavy (non-hydrogen) atoms. The number of hydrogen-bond donors (Lipinski definition) is 2. The molecule has 1 rings (SSSR count). The van der Waals surface area contributed by atoms with Gasteiger partial charge in [0.25, 0.3) is 0 Å². The molecule has 80 valence electrons. The first-order valence-electron chi connectivity index (χ1n) is 4.13. The van der Waals surface area contributed by atoms with Crippen molar-refractivity contribution in [1.29, 1.82) is 0 Å². The zero-order valence-corrected chi connectivity index (χ0v) is 7.90. The van der Waals surface area contributed by atoms with Gasteiger partial charge in [-0.3, -0.25) is 4.79 Å². The molecule has 1 aromatic rings. The molecule has 0 saturated carbocycles. The minimum Gasteiger partial charge on any atom is -0.479 e. The molecule has 0 bridgehead atoms. The number of carboxylic acid groups (broad SMARTS) is 1. The summed E-state index contributed by atoms with van der Waals surface area (Å²) >= 11 is 0. The summed E-state index contributed by atoms with van der Waals surface area (Å²) in [7, 11) is 0. The molecular formula is C10H9FO4. The van der Waals surface area contributed by atoms with E-state index in [1.807, 2.05) is 0 Å². The third-order valence-corrected chi connectivity index (χ3v) is 2.02. The van der Waals surface area contributed by atoms with Gasteiger partial charge in [0.1, 0.15) is 12.1 Å². The van der Waals surface area contributed by atoms with E-state index in [0.717, 1.165) is 6.07 Å². The van der Waals surface area contributed by atoms with E-state index in [9.17, 15) is 19.1 Å². The second-order valence-electron chi connectivity index (χ2n) is 3.09. The smallest absolute Gasteiger partial charge is 0.337 e.